The minimum atomic E-state index is -2.09. The van der Waals surface area contributed by atoms with Crippen LogP contribution in [0.4, 0.5) is 0 Å². The molecule has 34 heavy (non-hydrogen) atoms. The summed E-state index contributed by atoms with van der Waals surface area (Å²) in [5.41, 5.74) is 1.16. The van der Waals surface area contributed by atoms with Gasteiger partial charge < -0.3 is 0 Å². The molecule has 3 heteroatoms. The molecule has 0 bridgehead atoms. The molecular weight excluding hydrogens is 465 g/mol. The fourth-order valence-electron chi connectivity index (χ4n) is 3.77. The Hall–Kier alpha value is -2.44. The molecule has 0 radical (unpaired) electrons. The van der Waals surface area contributed by atoms with Crippen molar-refractivity contribution in [1.82, 2.24) is 0 Å². The van der Waals surface area contributed by atoms with Gasteiger partial charge in [-0.05, 0) is 12.5 Å². The van der Waals surface area contributed by atoms with Gasteiger partial charge >= 0.3 is 0 Å². The molecule has 3 aromatic carbocycles. The van der Waals surface area contributed by atoms with E-state index in [9.17, 15) is 0 Å². The minimum absolute atomic E-state index is 0. The van der Waals surface area contributed by atoms with Gasteiger partial charge in [0.2, 0.25) is 0 Å². The van der Waals surface area contributed by atoms with Crippen molar-refractivity contribution in [2.24, 2.45) is 4.74 Å². The van der Waals surface area contributed by atoms with E-state index in [-0.39, 0.29) is 21.7 Å². The van der Waals surface area contributed by atoms with Crippen molar-refractivity contribution in [2.45, 2.75) is 32.6 Å². The third-order valence-electron chi connectivity index (χ3n) is 5.42. The predicted octanol–water partition coefficient (Wildman–Crippen LogP) is 7.92. The average molecular weight is 499 g/mol. The van der Waals surface area contributed by atoms with Crippen LogP contribution in [0.2, 0.25) is 0 Å². The third kappa shape index (κ3) is 7.54. The zero-order valence-corrected chi connectivity index (χ0v) is 22.5. The summed E-state index contributed by atoms with van der Waals surface area (Å²) in [6, 6.07) is 32.3. The van der Waals surface area contributed by atoms with Crippen molar-refractivity contribution in [3.8, 4) is 0 Å². The first kappa shape index (κ1) is 27.8. The van der Waals surface area contributed by atoms with Crippen LogP contribution in [-0.4, -0.2) is 0 Å². The molecule has 0 N–H and O–H groups in total. The molecular formula is C31H34NPTi. The Bertz CT molecular complexity index is 1030. The van der Waals surface area contributed by atoms with Crippen LogP contribution in [0.1, 0.15) is 32.6 Å². The normalized spacial score (nSPS) is 12.3. The second-order valence-electron chi connectivity index (χ2n) is 7.84. The Morgan fingerprint density at radius 3 is 1.71 bits per heavy atom. The van der Waals surface area contributed by atoms with Gasteiger partial charge in [0.1, 0.15) is 0 Å². The molecule has 0 atom stereocenters. The summed E-state index contributed by atoms with van der Waals surface area (Å²) in [5, 5.41) is 3.88. The molecule has 3 aromatic rings. The summed E-state index contributed by atoms with van der Waals surface area (Å²) < 4.78 is 5.43. The number of allylic oxidation sites excluding steroid dienone is 6. The molecule has 4 rings (SSSR count). The summed E-state index contributed by atoms with van der Waals surface area (Å²) >= 11 is 0. The van der Waals surface area contributed by atoms with Gasteiger partial charge in [0.05, 0.1) is 7.05 Å². The fraction of sp³-hybridized carbons (Fsp3) is 0.161. The topological polar surface area (TPSA) is 12.4 Å². The standard InChI is InChI=1S/C23H20NP.C8H14.Ti/c1-4-14-21(15-5-1)25(22-16-6-2-7-17-22,23-18-8-3-9-19-23)24-20-12-10-11-13-20;1-3-5-7-8-6-4-2;/h1-12,14-19H,13H2;3,5,7H,1,4,6,8H2,2H3;. The maximum absolute atomic E-state index is 5.43. The van der Waals surface area contributed by atoms with E-state index in [2.05, 4.69) is 129 Å². The number of rotatable bonds is 8. The maximum atomic E-state index is 5.43. The van der Waals surface area contributed by atoms with Crippen molar-refractivity contribution in [2.75, 3.05) is 0 Å². The molecule has 0 unspecified atom stereocenters. The summed E-state index contributed by atoms with van der Waals surface area (Å²) in [4.78, 5) is 0. The Labute approximate surface area is 221 Å². The first-order valence-corrected chi connectivity index (χ1v) is 13.5. The minimum Gasteiger partial charge on any atom is -0.258 e. The monoisotopic (exact) mass is 499 g/mol. The molecule has 0 saturated carbocycles. The predicted molar refractivity (Wildman–Crippen MR) is 148 cm³/mol. The molecule has 0 aromatic heterocycles. The Kier molecular flexibility index (Phi) is 12.6. The van der Waals surface area contributed by atoms with E-state index >= 15 is 0 Å². The molecule has 0 spiro atoms. The van der Waals surface area contributed by atoms with Crippen LogP contribution in [0.5, 0.6) is 0 Å². The Morgan fingerprint density at radius 1 is 0.824 bits per heavy atom. The molecule has 0 saturated heterocycles. The molecule has 0 aliphatic heterocycles. The average Bonchev–Trinajstić information content (AvgIpc) is 3.40. The van der Waals surface area contributed by atoms with Crippen LogP contribution in [0.3, 0.4) is 0 Å². The number of nitrogens with zero attached hydrogens (tertiary/aromatic N) is 1. The number of benzene rings is 3. The number of hydrogen-bond acceptors (Lipinski definition) is 1. The first-order valence-electron chi connectivity index (χ1n) is 11.7. The zero-order chi connectivity index (χ0) is 23.2. The van der Waals surface area contributed by atoms with Gasteiger partial charge in [-0.25, -0.2) is 0 Å². The quantitative estimate of drug-likeness (QED) is 0.129. The van der Waals surface area contributed by atoms with Gasteiger partial charge in [-0.1, -0.05) is 148 Å². The fourth-order valence-corrected chi connectivity index (χ4v) is 7.35. The number of unbranched alkanes of at least 4 members (excludes halogenated alkanes) is 2. The molecule has 0 heterocycles. The first-order chi connectivity index (χ1) is 16.3. The maximum Gasteiger partial charge on any atom is 0.0608 e. The van der Waals surface area contributed by atoms with Crippen LogP contribution in [0.15, 0.2) is 144 Å². The van der Waals surface area contributed by atoms with Gasteiger partial charge in [-0.3, -0.25) is 4.74 Å². The molecule has 1 aliphatic carbocycles. The van der Waals surface area contributed by atoms with Crippen molar-refractivity contribution in [3.05, 3.63) is 140 Å². The van der Waals surface area contributed by atoms with Crippen molar-refractivity contribution < 1.29 is 21.7 Å². The van der Waals surface area contributed by atoms with Crippen LogP contribution in [-0.2, 0) is 21.7 Å². The SMILES string of the molecule is C1=CCC(N=P(c2ccccc2)(c2ccccc2)c2ccccc2)=C1.C=CC=CCCCC.[Ti]. The molecule has 0 fully saturated rings. The van der Waals surface area contributed by atoms with E-state index in [1.165, 1.54) is 35.2 Å². The van der Waals surface area contributed by atoms with Crippen molar-refractivity contribution >= 4 is 23.0 Å². The van der Waals surface area contributed by atoms with Crippen molar-refractivity contribution in [3.63, 3.8) is 0 Å². The van der Waals surface area contributed by atoms with E-state index in [0.29, 0.717) is 0 Å². The summed E-state index contributed by atoms with van der Waals surface area (Å²) in [7, 11) is -2.09. The van der Waals surface area contributed by atoms with E-state index in [0.717, 1.165) is 12.1 Å². The van der Waals surface area contributed by atoms with Gasteiger partial charge in [0.25, 0.3) is 0 Å². The summed E-state index contributed by atoms with van der Waals surface area (Å²) in [5.74, 6) is 0. The van der Waals surface area contributed by atoms with Gasteiger partial charge in [-0.15, -0.1) is 0 Å². The van der Waals surface area contributed by atoms with E-state index in [4.69, 9.17) is 4.74 Å². The van der Waals surface area contributed by atoms with Crippen LogP contribution >= 0.6 is 7.05 Å². The van der Waals surface area contributed by atoms with Crippen molar-refractivity contribution in [1.29, 1.82) is 0 Å². The molecule has 0 amide bonds. The second-order valence-corrected chi connectivity index (χ2v) is 10.9. The summed E-state index contributed by atoms with van der Waals surface area (Å²) in [6.45, 7) is 5.77. The summed E-state index contributed by atoms with van der Waals surface area (Å²) in [6.07, 6.45) is 17.1. The Morgan fingerprint density at radius 2 is 1.32 bits per heavy atom. The van der Waals surface area contributed by atoms with E-state index in [1.54, 1.807) is 0 Å². The molecule has 1 aliphatic rings. The van der Waals surface area contributed by atoms with Gasteiger partial charge in [0.15, 0.2) is 0 Å². The second kappa shape index (κ2) is 15.5. The van der Waals surface area contributed by atoms with Crippen LogP contribution in [0, 0.1) is 0 Å². The molecule has 1 nitrogen and oxygen atoms in total. The van der Waals surface area contributed by atoms with E-state index < -0.39 is 7.05 Å². The largest absolute Gasteiger partial charge is 0.258 e. The van der Waals surface area contributed by atoms with E-state index in [1.807, 2.05) is 12.2 Å². The van der Waals surface area contributed by atoms with Crippen LogP contribution in [0.25, 0.3) is 0 Å². The number of hydrogen-bond donors (Lipinski definition) is 0. The Balaban J connectivity index is 0.000000394. The van der Waals surface area contributed by atoms with Crippen LogP contribution < -0.4 is 15.9 Å². The van der Waals surface area contributed by atoms with Gasteiger partial charge in [-0.2, -0.15) is 0 Å². The van der Waals surface area contributed by atoms with Gasteiger partial charge in [0, 0.05) is 49.7 Å². The smallest absolute Gasteiger partial charge is 0.0608 e. The molecule has 172 valence electrons. The zero-order valence-electron chi connectivity index (χ0n) is 20.1. The third-order valence-corrected chi connectivity index (χ3v) is 9.11.